The maximum Gasteiger partial charge on any atom is 0.327 e. The highest BCUT2D eigenvalue weighted by atomic mass is 16.4. The van der Waals surface area contributed by atoms with E-state index >= 15 is 0 Å². The number of carbonyl (C=O) groups excluding carboxylic acids is 1. The van der Waals surface area contributed by atoms with Gasteiger partial charge in [0.25, 0.3) is 5.91 Å². The summed E-state index contributed by atoms with van der Waals surface area (Å²) in [7, 11) is 0. The Balaban J connectivity index is 1.57. The Bertz CT molecular complexity index is 1250. The smallest absolute Gasteiger partial charge is 0.327 e. The quantitative estimate of drug-likeness (QED) is 0.543. The average Bonchev–Trinajstić information content (AvgIpc) is 3.11. The fourth-order valence-corrected chi connectivity index (χ4v) is 4.35. The topological polar surface area (TPSA) is 79.3 Å². The van der Waals surface area contributed by atoms with Gasteiger partial charge in [-0.05, 0) is 34.4 Å². The molecule has 1 aliphatic carbocycles. The lowest BCUT2D eigenvalue weighted by Gasteiger charge is -2.23. The maximum absolute atomic E-state index is 13.1. The standard InChI is InChI=1S/C25H18N2O3/c28-24(20-13-5-7-15-8-6-14-26-22(15)20)27-23(25(29)30)21-18-11-3-1-9-16(18)17-10-2-4-12-19(17)21/h1-14,21,23H,(H,27,28)(H,29,30)/t23-/m1/s1. The molecule has 1 heterocycles. The van der Waals surface area contributed by atoms with Gasteiger partial charge in [-0.15, -0.1) is 0 Å². The zero-order chi connectivity index (χ0) is 20.7. The molecule has 0 saturated carbocycles. The van der Waals surface area contributed by atoms with Gasteiger partial charge in [0.1, 0.15) is 6.04 Å². The average molecular weight is 394 g/mol. The van der Waals surface area contributed by atoms with Crippen LogP contribution in [0.3, 0.4) is 0 Å². The van der Waals surface area contributed by atoms with Crippen LogP contribution < -0.4 is 5.32 Å². The number of para-hydroxylation sites is 1. The van der Waals surface area contributed by atoms with E-state index in [2.05, 4.69) is 10.3 Å². The van der Waals surface area contributed by atoms with Gasteiger partial charge in [0, 0.05) is 17.5 Å². The number of hydrogen-bond acceptors (Lipinski definition) is 3. The van der Waals surface area contributed by atoms with Crippen molar-refractivity contribution in [2.45, 2.75) is 12.0 Å². The second-order valence-electron chi connectivity index (χ2n) is 7.32. The van der Waals surface area contributed by atoms with Crippen molar-refractivity contribution in [2.24, 2.45) is 0 Å². The summed E-state index contributed by atoms with van der Waals surface area (Å²) < 4.78 is 0. The van der Waals surface area contributed by atoms with Crippen LogP contribution in [0.5, 0.6) is 0 Å². The predicted octanol–water partition coefficient (Wildman–Crippen LogP) is 4.23. The number of carboxylic acid groups (broad SMARTS) is 1. The van der Waals surface area contributed by atoms with Crippen molar-refractivity contribution in [3.05, 3.63) is 102 Å². The van der Waals surface area contributed by atoms with Crippen LogP contribution in [-0.4, -0.2) is 28.0 Å². The summed E-state index contributed by atoms with van der Waals surface area (Å²) in [6.07, 6.45) is 1.62. The third kappa shape index (κ3) is 2.83. The van der Waals surface area contributed by atoms with Crippen molar-refractivity contribution < 1.29 is 14.7 Å². The third-order valence-electron chi connectivity index (χ3n) is 5.65. The molecule has 2 N–H and O–H groups in total. The maximum atomic E-state index is 13.1. The lowest BCUT2D eigenvalue weighted by molar-refractivity contribution is -0.139. The monoisotopic (exact) mass is 394 g/mol. The van der Waals surface area contributed by atoms with E-state index in [1.807, 2.05) is 60.7 Å². The largest absolute Gasteiger partial charge is 0.480 e. The molecule has 0 unspecified atom stereocenters. The molecule has 0 spiro atoms. The van der Waals surface area contributed by atoms with Crippen LogP contribution in [0.15, 0.2) is 85.1 Å². The van der Waals surface area contributed by atoms with Crippen LogP contribution in [0.4, 0.5) is 0 Å². The molecule has 5 heteroatoms. The van der Waals surface area contributed by atoms with Gasteiger partial charge in [0.15, 0.2) is 0 Å². The second kappa shape index (κ2) is 7.12. The third-order valence-corrected chi connectivity index (χ3v) is 5.65. The van der Waals surface area contributed by atoms with E-state index in [9.17, 15) is 14.7 Å². The van der Waals surface area contributed by atoms with E-state index in [1.54, 1.807) is 24.4 Å². The van der Waals surface area contributed by atoms with Crippen molar-refractivity contribution in [2.75, 3.05) is 0 Å². The number of carboxylic acids is 1. The summed E-state index contributed by atoms with van der Waals surface area (Å²) in [5.41, 5.74) is 4.73. The number of pyridine rings is 1. The molecule has 3 aromatic carbocycles. The summed E-state index contributed by atoms with van der Waals surface area (Å²) in [6.45, 7) is 0. The van der Waals surface area contributed by atoms with Crippen molar-refractivity contribution in [1.82, 2.24) is 10.3 Å². The van der Waals surface area contributed by atoms with Gasteiger partial charge in [-0.1, -0.05) is 66.7 Å². The summed E-state index contributed by atoms with van der Waals surface area (Å²) >= 11 is 0. The van der Waals surface area contributed by atoms with E-state index in [4.69, 9.17) is 0 Å². The normalized spacial score (nSPS) is 13.5. The molecule has 1 aliphatic rings. The number of nitrogens with one attached hydrogen (secondary N) is 1. The highest BCUT2D eigenvalue weighted by molar-refractivity contribution is 6.06. The number of aromatic nitrogens is 1. The van der Waals surface area contributed by atoms with Gasteiger partial charge < -0.3 is 10.4 Å². The van der Waals surface area contributed by atoms with Crippen LogP contribution in [0.25, 0.3) is 22.0 Å². The van der Waals surface area contributed by atoms with Crippen LogP contribution in [0.1, 0.15) is 27.4 Å². The van der Waals surface area contributed by atoms with E-state index in [-0.39, 0.29) is 0 Å². The Kier molecular flexibility index (Phi) is 4.29. The second-order valence-corrected chi connectivity index (χ2v) is 7.32. The Morgan fingerprint density at radius 3 is 2.13 bits per heavy atom. The predicted molar refractivity (Wildman–Crippen MR) is 114 cm³/mol. The highest BCUT2D eigenvalue weighted by Crippen LogP contribution is 2.46. The molecule has 0 fully saturated rings. The molecule has 5 nitrogen and oxygen atoms in total. The van der Waals surface area contributed by atoms with E-state index in [0.29, 0.717) is 11.1 Å². The van der Waals surface area contributed by atoms with Crippen LogP contribution in [0.2, 0.25) is 0 Å². The molecule has 1 aromatic heterocycles. The molecular formula is C25H18N2O3. The van der Waals surface area contributed by atoms with Crippen molar-refractivity contribution in [1.29, 1.82) is 0 Å². The van der Waals surface area contributed by atoms with Gasteiger partial charge in [-0.2, -0.15) is 0 Å². The minimum atomic E-state index is -1.11. The minimum absolute atomic E-state index is 0.360. The van der Waals surface area contributed by atoms with E-state index < -0.39 is 23.8 Å². The molecule has 1 atom stereocenters. The number of amides is 1. The number of fused-ring (bicyclic) bond motifs is 4. The van der Waals surface area contributed by atoms with E-state index in [1.165, 1.54) is 0 Å². The first-order valence-corrected chi connectivity index (χ1v) is 9.71. The zero-order valence-electron chi connectivity index (χ0n) is 15.9. The lowest BCUT2D eigenvalue weighted by atomic mass is 9.89. The molecule has 30 heavy (non-hydrogen) atoms. The Morgan fingerprint density at radius 2 is 1.47 bits per heavy atom. The first-order chi connectivity index (χ1) is 14.6. The summed E-state index contributed by atoms with van der Waals surface area (Å²) in [5.74, 6) is -2.00. The molecule has 0 saturated heterocycles. The molecule has 0 aliphatic heterocycles. The van der Waals surface area contributed by atoms with Crippen molar-refractivity contribution in [3.8, 4) is 11.1 Å². The van der Waals surface area contributed by atoms with Crippen molar-refractivity contribution in [3.63, 3.8) is 0 Å². The lowest BCUT2D eigenvalue weighted by Crippen LogP contribution is -2.45. The van der Waals surface area contributed by atoms with E-state index in [0.717, 1.165) is 27.6 Å². The van der Waals surface area contributed by atoms with Crippen molar-refractivity contribution >= 4 is 22.8 Å². The number of aliphatic carboxylic acids is 1. The number of carbonyl (C=O) groups is 2. The minimum Gasteiger partial charge on any atom is -0.480 e. The van der Waals surface area contributed by atoms with Crippen LogP contribution in [-0.2, 0) is 4.79 Å². The molecule has 1 amide bonds. The Labute approximate surface area is 173 Å². The first kappa shape index (κ1) is 18.1. The summed E-state index contributed by atoms with van der Waals surface area (Å²) in [4.78, 5) is 29.8. The summed E-state index contributed by atoms with van der Waals surface area (Å²) in [5, 5.41) is 13.7. The molecule has 4 aromatic rings. The number of hydrogen-bond donors (Lipinski definition) is 2. The fourth-order valence-electron chi connectivity index (χ4n) is 4.35. The number of nitrogens with zero attached hydrogens (tertiary/aromatic N) is 1. The van der Waals surface area contributed by atoms with Gasteiger partial charge in [0.2, 0.25) is 0 Å². The molecule has 5 rings (SSSR count). The Morgan fingerprint density at radius 1 is 0.833 bits per heavy atom. The summed E-state index contributed by atoms with van der Waals surface area (Å²) in [6, 6.07) is 23.4. The number of benzene rings is 3. The highest BCUT2D eigenvalue weighted by Gasteiger charge is 2.39. The molecule has 0 bridgehead atoms. The SMILES string of the molecule is O=C(N[C@@H](C(=O)O)C1c2ccccc2-c2ccccc21)c1cccc2cccnc12. The van der Waals surface area contributed by atoms with Crippen LogP contribution >= 0.6 is 0 Å². The molecular weight excluding hydrogens is 376 g/mol. The molecule has 0 radical (unpaired) electrons. The Hall–Kier alpha value is -3.99. The van der Waals surface area contributed by atoms with Gasteiger partial charge in [0.05, 0.1) is 11.1 Å². The first-order valence-electron chi connectivity index (χ1n) is 9.71. The van der Waals surface area contributed by atoms with Gasteiger partial charge >= 0.3 is 5.97 Å². The van der Waals surface area contributed by atoms with Gasteiger partial charge in [-0.25, -0.2) is 4.79 Å². The molecule has 146 valence electrons. The zero-order valence-corrected chi connectivity index (χ0v) is 15.9. The fraction of sp³-hybridized carbons (Fsp3) is 0.0800. The van der Waals surface area contributed by atoms with Crippen LogP contribution in [0, 0.1) is 0 Å². The number of rotatable bonds is 4. The van der Waals surface area contributed by atoms with Gasteiger partial charge in [-0.3, -0.25) is 9.78 Å².